The van der Waals surface area contributed by atoms with Crippen LogP contribution in [0.5, 0.6) is 0 Å². The van der Waals surface area contributed by atoms with E-state index in [-0.39, 0.29) is 6.09 Å². The molecular weight excluding hydrogens is 257 g/mol. The normalized spacial score (nSPS) is 30.0. The van der Waals surface area contributed by atoms with Crippen molar-refractivity contribution in [2.24, 2.45) is 0 Å². The summed E-state index contributed by atoms with van der Waals surface area (Å²) in [6.07, 6.45) is 3.19. The molecule has 0 aromatic heterocycles. The van der Waals surface area contributed by atoms with Crippen LogP contribution in [0.15, 0.2) is 0 Å². The van der Waals surface area contributed by atoms with Gasteiger partial charge in [0, 0.05) is 9.97 Å². The second-order valence-electron chi connectivity index (χ2n) is 2.69. The molecule has 64 valence electrons. The zero-order chi connectivity index (χ0) is 8.27. The number of carbonyl (C=O) groups is 1. The summed E-state index contributed by atoms with van der Waals surface area (Å²) in [5.74, 6) is 0. The Bertz CT molecular complexity index is 151. The first kappa shape index (κ1) is 9.09. The SMILES string of the molecule is COC(=O)NC1CCCC1I. The van der Waals surface area contributed by atoms with Gasteiger partial charge in [-0.2, -0.15) is 0 Å². The van der Waals surface area contributed by atoms with E-state index >= 15 is 0 Å². The topological polar surface area (TPSA) is 38.3 Å². The lowest BCUT2D eigenvalue weighted by molar-refractivity contribution is 0.167. The smallest absolute Gasteiger partial charge is 0.407 e. The van der Waals surface area contributed by atoms with E-state index in [1.165, 1.54) is 20.0 Å². The Morgan fingerprint density at radius 1 is 1.64 bits per heavy atom. The maximum atomic E-state index is 10.8. The largest absolute Gasteiger partial charge is 0.453 e. The van der Waals surface area contributed by atoms with Crippen molar-refractivity contribution in [3.05, 3.63) is 0 Å². The third-order valence-electron chi connectivity index (χ3n) is 1.92. The highest BCUT2D eigenvalue weighted by Gasteiger charge is 2.26. The molecule has 1 rings (SSSR count). The van der Waals surface area contributed by atoms with Gasteiger partial charge < -0.3 is 10.1 Å². The summed E-state index contributed by atoms with van der Waals surface area (Å²) < 4.78 is 5.08. The highest BCUT2D eigenvalue weighted by atomic mass is 127. The van der Waals surface area contributed by atoms with Crippen LogP contribution in [-0.4, -0.2) is 23.2 Å². The van der Waals surface area contributed by atoms with E-state index in [4.69, 9.17) is 0 Å². The number of ether oxygens (including phenoxy) is 1. The molecule has 0 aromatic rings. The van der Waals surface area contributed by atoms with Crippen molar-refractivity contribution in [1.82, 2.24) is 5.32 Å². The van der Waals surface area contributed by atoms with Crippen molar-refractivity contribution in [3.63, 3.8) is 0 Å². The molecule has 1 amide bonds. The fraction of sp³-hybridized carbons (Fsp3) is 0.857. The summed E-state index contributed by atoms with van der Waals surface area (Å²) in [5.41, 5.74) is 0. The molecule has 1 aliphatic rings. The molecule has 2 unspecified atom stereocenters. The molecular formula is C7H12INO2. The molecule has 0 bridgehead atoms. The summed E-state index contributed by atoms with van der Waals surface area (Å²) in [4.78, 5) is 10.8. The molecule has 1 saturated carbocycles. The number of nitrogens with one attached hydrogen (secondary N) is 1. The van der Waals surface area contributed by atoms with Crippen LogP contribution in [0.1, 0.15) is 19.3 Å². The summed E-state index contributed by atoms with van der Waals surface area (Å²) in [7, 11) is 1.40. The number of amides is 1. The van der Waals surface area contributed by atoms with Crippen molar-refractivity contribution >= 4 is 28.7 Å². The lowest BCUT2D eigenvalue weighted by Crippen LogP contribution is -2.37. The van der Waals surface area contributed by atoms with Gasteiger partial charge in [-0.05, 0) is 12.8 Å². The van der Waals surface area contributed by atoms with Crippen LogP contribution in [0.2, 0.25) is 0 Å². The Kier molecular flexibility index (Phi) is 3.42. The Hall–Kier alpha value is 0. The third-order valence-corrected chi connectivity index (χ3v) is 3.41. The van der Waals surface area contributed by atoms with Crippen LogP contribution < -0.4 is 5.32 Å². The minimum atomic E-state index is -0.307. The van der Waals surface area contributed by atoms with Crippen LogP contribution >= 0.6 is 22.6 Å². The monoisotopic (exact) mass is 269 g/mol. The van der Waals surface area contributed by atoms with Gasteiger partial charge in [0.05, 0.1) is 7.11 Å². The lowest BCUT2D eigenvalue weighted by atomic mass is 10.3. The zero-order valence-electron chi connectivity index (χ0n) is 6.47. The van der Waals surface area contributed by atoms with Gasteiger partial charge in [0.25, 0.3) is 0 Å². The predicted octanol–water partition coefficient (Wildman–Crippen LogP) is 1.70. The van der Waals surface area contributed by atoms with Crippen LogP contribution in [0.25, 0.3) is 0 Å². The van der Waals surface area contributed by atoms with Crippen molar-refractivity contribution in [3.8, 4) is 0 Å². The molecule has 0 radical (unpaired) electrons. The van der Waals surface area contributed by atoms with E-state index < -0.39 is 0 Å². The van der Waals surface area contributed by atoms with Gasteiger partial charge in [-0.3, -0.25) is 0 Å². The molecule has 0 heterocycles. The van der Waals surface area contributed by atoms with Crippen LogP contribution in [0.4, 0.5) is 4.79 Å². The van der Waals surface area contributed by atoms with Crippen molar-refractivity contribution in [1.29, 1.82) is 0 Å². The number of rotatable bonds is 1. The van der Waals surface area contributed by atoms with Crippen LogP contribution in [-0.2, 0) is 4.74 Å². The summed E-state index contributed by atoms with van der Waals surface area (Å²) >= 11 is 2.37. The number of alkyl carbamates (subject to hydrolysis) is 1. The van der Waals surface area contributed by atoms with E-state index in [9.17, 15) is 4.79 Å². The van der Waals surface area contributed by atoms with Crippen LogP contribution in [0.3, 0.4) is 0 Å². The summed E-state index contributed by atoms with van der Waals surface area (Å²) in [5, 5.41) is 2.81. The standard InChI is InChI=1S/C7H12INO2/c1-11-7(10)9-6-4-2-3-5(6)8/h5-6H,2-4H2,1H3,(H,9,10). The molecule has 4 heteroatoms. The number of alkyl halides is 1. The number of methoxy groups -OCH3 is 1. The maximum Gasteiger partial charge on any atom is 0.407 e. The molecule has 2 atom stereocenters. The Morgan fingerprint density at radius 2 is 2.36 bits per heavy atom. The Labute approximate surface area is 80.0 Å². The Balaban J connectivity index is 2.30. The molecule has 0 spiro atoms. The average molecular weight is 269 g/mol. The van der Waals surface area contributed by atoms with Crippen molar-refractivity contribution in [2.45, 2.75) is 29.2 Å². The Morgan fingerprint density at radius 3 is 2.82 bits per heavy atom. The van der Waals surface area contributed by atoms with Gasteiger partial charge in [0.15, 0.2) is 0 Å². The highest BCUT2D eigenvalue weighted by molar-refractivity contribution is 14.1. The first-order valence-corrected chi connectivity index (χ1v) is 4.97. The molecule has 3 nitrogen and oxygen atoms in total. The third kappa shape index (κ3) is 2.50. The summed E-state index contributed by atoms with van der Waals surface area (Å²) in [6.45, 7) is 0. The van der Waals surface area contributed by atoms with Gasteiger partial charge in [-0.25, -0.2) is 4.79 Å². The van der Waals surface area contributed by atoms with Gasteiger partial charge >= 0.3 is 6.09 Å². The fourth-order valence-corrected chi connectivity index (χ4v) is 2.27. The average Bonchev–Trinajstić information content (AvgIpc) is 2.37. The maximum absolute atomic E-state index is 10.8. The van der Waals surface area contributed by atoms with E-state index in [2.05, 4.69) is 32.6 Å². The molecule has 0 aromatic carbocycles. The van der Waals surface area contributed by atoms with E-state index in [1.54, 1.807) is 0 Å². The quantitative estimate of drug-likeness (QED) is 0.581. The molecule has 0 aliphatic heterocycles. The van der Waals surface area contributed by atoms with Crippen LogP contribution in [0, 0.1) is 0 Å². The first-order chi connectivity index (χ1) is 5.24. The number of halogens is 1. The minimum Gasteiger partial charge on any atom is -0.453 e. The minimum absolute atomic E-state index is 0.307. The second kappa shape index (κ2) is 4.13. The zero-order valence-corrected chi connectivity index (χ0v) is 8.63. The summed E-state index contributed by atoms with van der Waals surface area (Å²) in [6, 6.07) is 0.322. The second-order valence-corrected chi connectivity index (χ2v) is 4.29. The number of hydrogen-bond acceptors (Lipinski definition) is 2. The lowest BCUT2D eigenvalue weighted by Gasteiger charge is -2.14. The van der Waals surface area contributed by atoms with Crippen molar-refractivity contribution < 1.29 is 9.53 Å². The van der Waals surface area contributed by atoms with Crippen molar-refractivity contribution in [2.75, 3.05) is 7.11 Å². The fourth-order valence-electron chi connectivity index (χ4n) is 1.29. The number of carbonyl (C=O) groups excluding carboxylic acids is 1. The first-order valence-electron chi connectivity index (χ1n) is 3.72. The molecule has 1 fully saturated rings. The molecule has 1 aliphatic carbocycles. The van der Waals surface area contributed by atoms with E-state index in [0.717, 1.165) is 6.42 Å². The molecule has 0 saturated heterocycles. The molecule has 1 N–H and O–H groups in total. The van der Waals surface area contributed by atoms with Gasteiger partial charge in [0.2, 0.25) is 0 Å². The van der Waals surface area contributed by atoms with E-state index in [1.807, 2.05) is 0 Å². The van der Waals surface area contributed by atoms with Gasteiger partial charge in [-0.15, -0.1) is 0 Å². The number of hydrogen-bond donors (Lipinski definition) is 1. The van der Waals surface area contributed by atoms with Gasteiger partial charge in [-0.1, -0.05) is 29.0 Å². The molecule has 11 heavy (non-hydrogen) atoms. The predicted molar refractivity (Wildman–Crippen MR) is 51.0 cm³/mol. The van der Waals surface area contributed by atoms with E-state index in [0.29, 0.717) is 9.97 Å². The highest BCUT2D eigenvalue weighted by Crippen LogP contribution is 2.25. The van der Waals surface area contributed by atoms with Gasteiger partial charge in [0.1, 0.15) is 0 Å².